The van der Waals surface area contributed by atoms with Crippen LogP contribution in [0.3, 0.4) is 0 Å². The topological polar surface area (TPSA) is 30.5 Å². The van der Waals surface area contributed by atoms with Gasteiger partial charge < -0.3 is 14.8 Å². The first-order valence-corrected chi connectivity index (χ1v) is 7.91. The van der Waals surface area contributed by atoms with Crippen LogP contribution in [0.25, 0.3) is 0 Å². The first-order valence-electron chi connectivity index (χ1n) is 7.91. The molecule has 2 bridgehead atoms. The molecule has 2 fully saturated rings. The minimum absolute atomic E-state index is 0.355. The predicted molar refractivity (Wildman–Crippen MR) is 77.8 cm³/mol. The highest BCUT2D eigenvalue weighted by molar-refractivity contribution is 5.44. The minimum atomic E-state index is 0.355. The average molecular weight is 273 g/mol. The Morgan fingerprint density at radius 2 is 2.10 bits per heavy atom. The van der Waals surface area contributed by atoms with Crippen LogP contribution in [-0.2, 0) is 6.54 Å². The van der Waals surface area contributed by atoms with Gasteiger partial charge in [-0.2, -0.15) is 0 Å². The molecule has 0 aromatic heterocycles. The molecule has 3 aliphatic rings. The van der Waals surface area contributed by atoms with Crippen molar-refractivity contribution in [1.29, 1.82) is 0 Å². The van der Waals surface area contributed by atoms with Gasteiger partial charge in [0.15, 0.2) is 11.5 Å². The number of rotatable bonds is 4. The van der Waals surface area contributed by atoms with Crippen molar-refractivity contribution in [3.8, 4) is 11.5 Å². The molecule has 3 nitrogen and oxygen atoms in total. The summed E-state index contributed by atoms with van der Waals surface area (Å²) in [5.74, 6) is 4.66. The summed E-state index contributed by atoms with van der Waals surface area (Å²) >= 11 is 0. The van der Waals surface area contributed by atoms with Crippen molar-refractivity contribution in [2.24, 2.45) is 17.8 Å². The van der Waals surface area contributed by atoms with E-state index in [4.69, 9.17) is 9.47 Å². The van der Waals surface area contributed by atoms with Crippen LogP contribution in [0.1, 0.15) is 38.2 Å². The average Bonchev–Trinajstić information content (AvgIpc) is 3.19. The molecule has 0 amide bonds. The summed E-state index contributed by atoms with van der Waals surface area (Å²) < 4.78 is 10.8. The lowest BCUT2D eigenvalue weighted by molar-refractivity contribution is 0.174. The van der Waals surface area contributed by atoms with Gasteiger partial charge in [0, 0.05) is 12.6 Å². The van der Waals surface area contributed by atoms with E-state index in [-0.39, 0.29) is 0 Å². The van der Waals surface area contributed by atoms with Gasteiger partial charge in [0.2, 0.25) is 6.79 Å². The summed E-state index contributed by atoms with van der Waals surface area (Å²) in [5, 5.41) is 3.72. The van der Waals surface area contributed by atoms with Crippen LogP contribution in [0, 0.1) is 17.8 Å². The number of fused-ring (bicyclic) bond motifs is 3. The van der Waals surface area contributed by atoms with Crippen molar-refractivity contribution >= 4 is 0 Å². The van der Waals surface area contributed by atoms with Crippen LogP contribution < -0.4 is 14.8 Å². The fourth-order valence-electron chi connectivity index (χ4n) is 4.39. The highest BCUT2D eigenvalue weighted by Crippen LogP contribution is 2.49. The van der Waals surface area contributed by atoms with E-state index in [1.54, 1.807) is 0 Å². The number of hydrogen-bond donors (Lipinski definition) is 1. The second-order valence-corrected chi connectivity index (χ2v) is 6.70. The van der Waals surface area contributed by atoms with Gasteiger partial charge in [-0.05, 0) is 61.6 Å². The summed E-state index contributed by atoms with van der Waals surface area (Å²) in [6.45, 7) is 3.64. The van der Waals surface area contributed by atoms with Crippen LogP contribution >= 0.6 is 0 Å². The van der Waals surface area contributed by atoms with Crippen LogP contribution in [0.4, 0.5) is 0 Å². The normalized spacial score (nSPS) is 31.8. The van der Waals surface area contributed by atoms with Crippen molar-refractivity contribution in [1.82, 2.24) is 5.32 Å². The maximum absolute atomic E-state index is 5.44. The third kappa shape index (κ3) is 2.18. The maximum atomic E-state index is 5.44. The third-order valence-electron chi connectivity index (χ3n) is 5.50. The van der Waals surface area contributed by atoms with E-state index in [0.29, 0.717) is 12.8 Å². The molecule has 3 heteroatoms. The third-order valence-corrected chi connectivity index (χ3v) is 5.50. The number of hydrogen-bond acceptors (Lipinski definition) is 3. The van der Waals surface area contributed by atoms with Gasteiger partial charge in [0.25, 0.3) is 0 Å². The van der Waals surface area contributed by atoms with Gasteiger partial charge in [0.1, 0.15) is 0 Å². The van der Waals surface area contributed by atoms with Crippen molar-refractivity contribution in [2.75, 3.05) is 6.79 Å². The Kier molecular flexibility index (Phi) is 3.10. The zero-order chi connectivity index (χ0) is 13.5. The van der Waals surface area contributed by atoms with Crippen molar-refractivity contribution in [3.63, 3.8) is 0 Å². The van der Waals surface area contributed by atoms with Gasteiger partial charge in [-0.3, -0.25) is 0 Å². The molecule has 1 aromatic carbocycles. The monoisotopic (exact) mass is 273 g/mol. The minimum Gasteiger partial charge on any atom is -0.454 e. The number of nitrogens with one attached hydrogen (secondary N) is 1. The molecule has 0 spiro atoms. The van der Waals surface area contributed by atoms with Gasteiger partial charge in [-0.1, -0.05) is 12.5 Å². The zero-order valence-electron chi connectivity index (χ0n) is 12.1. The second-order valence-electron chi connectivity index (χ2n) is 6.70. The Morgan fingerprint density at radius 3 is 2.90 bits per heavy atom. The number of benzene rings is 1. The Bertz CT molecular complexity index is 502. The molecule has 2 saturated carbocycles. The highest BCUT2D eigenvalue weighted by Gasteiger charge is 2.41. The van der Waals surface area contributed by atoms with Crippen molar-refractivity contribution in [3.05, 3.63) is 23.8 Å². The van der Waals surface area contributed by atoms with E-state index < -0.39 is 0 Å². The Balaban J connectivity index is 1.36. The first-order chi connectivity index (χ1) is 9.79. The van der Waals surface area contributed by atoms with E-state index in [0.717, 1.165) is 35.8 Å². The van der Waals surface area contributed by atoms with Crippen LogP contribution in [0.2, 0.25) is 0 Å². The lowest BCUT2D eigenvalue weighted by Crippen LogP contribution is -2.35. The Hall–Kier alpha value is -1.22. The molecule has 108 valence electrons. The standard InChI is InChI=1S/C17H23NO2/c1-11(15-7-12-2-4-14(15)6-12)18-9-13-3-5-16-17(8-13)20-10-19-16/h3,5,8,11-12,14-15,18H,2,4,6-7,9-10H2,1H3. The molecular formula is C17H23NO2. The van der Waals surface area contributed by atoms with E-state index in [9.17, 15) is 0 Å². The zero-order valence-corrected chi connectivity index (χ0v) is 12.1. The van der Waals surface area contributed by atoms with Crippen LogP contribution in [0.5, 0.6) is 11.5 Å². The molecule has 0 saturated heterocycles. The summed E-state index contributed by atoms with van der Waals surface area (Å²) in [6.07, 6.45) is 5.88. The predicted octanol–water partition coefficient (Wildman–Crippen LogP) is 3.33. The molecule has 2 aliphatic carbocycles. The molecule has 1 N–H and O–H groups in total. The molecule has 1 aromatic rings. The SMILES string of the molecule is CC(NCc1ccc2c(c1)OCO2)C1CC2CCC1C2. The molecule has 1 aliphatic heterocycles. The molecule has 1 heterocycles. The molecular weight excluding hydrogens is 250 g/mol. The lowest BCUT2D eigenvalue weighted by Gasteiger charge is -2.28. The maximum Gasteiger partial charge on any atom is 0.231 e. The molecule has 4 unspecified atom stereocenters. The van der Waals surface area contributed by atoms with Gasteiger partial charge in [-0.25, -0.2) is 0 Å². The highest BCUT2D eigenvalue weighted by atomic mass is 16.7. The second kappa shape index (κ2) is 4.96. The molecule has 20 heavy (non-hydrogen) atoms. The fraction of sp³-hybridized carbons (Fsp3) is 0.647. The number of ether oxygens (including phenoxy) is 2. The fourth-order valence-corrected chi connectivity index (χ4v) is 4.39. The summed E-state index contributed by atoms with van der Waals surface area (Å²) in [5.41, 5.74) is 1.28. The van der Waals surface area contributed by atoms with Crippen LogP contribution in [0.15, 0.2) is 18.2 Å². The molecule has 0 radical (unpaired) electrons. The lowest BCUT2D eigenvalue weighted by atomic mass is 9.84. The molecule has 4 rings (SSSR count). The van der Waals surface area contributed by atoms with E-state index in [1.165, 1.54) is 31.2 Å². The van der Waals surface area contributed by atoms with E-state index in [1.807, 2.05) is 6.07 Å². The quantitative estimate of drug-likeness (QED) is 0.912. The van der Waals surface area contributed by atoms with Crippen molar-refractivity contribution < 1.29 is 9.47 Å². The molecule has 4 atom stereocenters. The summed E-state index contributed by atoms with van der Waals surface area (Å²) in [6, 6.07) is 6.87. The van der Waals surface area contributed by atoms with Gasteiger partial charge >= 0.3 is 0 Å². The van der Waals surface area contributed by atoms with Crippen molar-refractivity contribution in [2.45, 2.75) is 45.2 Å². The Labute approximate surface area is 120 Å². The van der Waals surface area contributed by atoms with Gasteiger partial charge in [-0.15, -0.1) is 0 Å². The summed E-state index contributed by atoms with van der Waals surface area (Å²) in [4.78, 5) is 0. The van der Waals surface area contributed by atoms with Gasteiger partial charge in [0.05, 0.1) is 0 Å². The first kappa shape index (κ1) is 12.5. The summed E-state index contributed by atoms with van der Waals surface area (Å²) in [7, 11) is 0. The van der Waals surface area contributed by atoms with Crippen LogP contribution in [-0.4, -0.2) is 12.8 Å². The largest absolute Gasteiger partial charge is 0.454 e. The van der Waals surface area contributed by atoms with E-state index in [2.05, 4.69) is 24.4 Å². The smallest absolute Gasteiger partial charge is 0.231 e. The van der Waals surface area contributed by atoms with E-state index >= 15 is 0 Å². The Morgan fingerprint density at radius 1 is 1.20 bits per heavy atom.